The molecule has 2 N–H and O–H groups in total. The number of pyridine rings is 2. The third-order valence-corrected chi connectivity index (χ3v) is 5.40. The zero-order valence-electron chi connectivity index (χ0n) is 17.4. The number of rotatable bonds is 4. The van der Waals surface area contributed by atoms with Crippen LogP contribution in [-0.2, 0) is 0 Å². The van der Waals surface area contributed by atoms with Crippen LogP contribution in [0.5, 0.6) is 5.75 Å². The van der Waals surface area contributed by atoms with E-state index in [9.17, 15) is 0 Å². The van der Waals surface area contributed by atoms with E-state index in [4.69, 9.17) is 9.72 Å². The van der Waals surface area contributed by atoms with Gasteiger partial charge in [-0.1, -0.05) is 6.07 Å². The van der Waals surface area contributed by atoms with Crippen molar-refractivity contribution in [3.05, 3.63) is 67.1 Å². The van der Waals surface area contributed by atoms with Crippen molar-refractivity contribution in [3.8, 4) is 34.2 Å². The van der Waals surface area contributed by atoms with E-state index in [0.717, 1.165) is 50.3 Å². The van der Waals surface area contributed by atoms with E-state index in [1.165, 1.54) is 0 Å². The van der Waals surface area contributed by atoms with E-state index in [2.05, 4.69) is 30.1 Å². The Morgan fingerprint density at radius 2 is 1.97 bits per heavy atom. The normalized spacial score (nSPS) is 11.4. The van der Waals surface area contributed by atoms with Gasteiger partial charge in [0.2, 0.25) is 0 Å². The summed E-state index contributed by atoms with van der Waals surface area (Å²) in [7, 11) is 1.62. The van der Waals surface area contributed by atoms with Gasteiger partial charge in [-0.25, -0.2) is 9.97 Å². The average Bonchev–Trinajstić information content (AvgIpc) is 3.55. The fourth-order valence-electron chi connectivity index (χ4n) is 3.82. The molecule has 0 aliphatic heterocycles. The zero-order valence-corrected chi connectivity index (χ0v) is 17.4. The summed E-state index contributed by atoms with van der Waals surface area (Å²) in [5.74, 6) is 1.35. The fraction of sp³-hybridized carbons (Fsp3) is 0.0870. The molecule has 9 heteroatoms. The maximum absolute atomic E-state index is 5.29. The Labute approximate surface area is 182 Å². The Hall–Kier alpha value is -4.53. The number of nitrogens with one attached hydrogen (secondary N) is 2. The highest BCUT2D eigenvalue weighted by Gasteiger charge is 2.16. The van der Waals surface area contributed by atoms with Crippen LogP contribution < -0.4 is 4.74 Å². The third kappa shape index (κ3) is 2.90. The fourth-order valence-corrected chi connectivity index (χ4v) is 3.82. The van der Waals surface area contributed by atoms with Crippen molar-refractivity contribution in [3.63, 3.8) is 0 Å². The number of imidazole rings is 2. The summed E-state index contributed by atoms with van der Waals surface area (Å²) in [6.45, 7) is 1.96. The number of nitrogens with zero attached hydrogens (tertiary/aromatic N) is 6. The zero-order chi connectivity index (χ0) is 21.7. The molecule has 32 heavy (non-hydrogen) atoms. The van der Waals surface area contributed by atoms with Gasteiger partial charge < -0.3 is 14.3 Å². The third-order valence-electron chi connectivity index (χ3n) is 5.40. The molecule has 1 aromatic carbocycles. The van der Waals surface area contributed by atoms with E-state index in [0.29, 0.717) is 11.6 Å². The van der Waals surface area contributed by atoms with Crippen molar-refractivity contribution in [1.82, 2.24) is 39.7 Å². The Kier molecular flexibility index (Phi) is 4.00. The molecule has 9 nitrogen and oxygen atoms in total. The van der Waals surface area contributed by atoms with E-state index in [1.807, 2.05) is 48.0 Å². The highest BCUT2D eigenvalue weighted by molar-refractivity contribution is 5.95. The lowest BCUT2D eigenvalue weighted by Gasteiger charge is -2.03. The largest absolute Gasteiger partial charge is 0.495 e. The first-order valence-electron chi connectivity index (χ1n) is 10.0. The topological polar surface area (TPSA) is 110 Å². The van der Waals surface area contributed by atoms with Crippen molar-refractivity contribution in [2.45, 2.75) is 6.92 Å². The molecule has 0 amide bonds. The first-order valence-corrected chi connectivity index (χ1v) is 10.0. The molecule has 6 aromatic rings. The Bertz CT molecular complexity index is 1590. The number of fused-ring (bicyclic) bond motifs is 2. The number of aryl methyl sites for hydroxylation is 1. The van der Waals surface area contributed by atoms with Crippen LogP contribution in [0, 0.1) is 6.92 Å². The summed E-state index contributed by atoms with van der Waals surface area (Å²) in [5.41, 5.74) is 6.86. The summed E-state index contributed by atoms with van der Waals surface area (Å²) in [4.78, 5) is 21.4. The van der Waals surface area contributed by atoms with Crippen LogP contribution in [0.25, 0.3) is 50.4 Å². The smallest absolute Gasteiger partial charge is 0.159 e. The number of aromatic amines is 2. The average molecular weight is 422 g/mol. The summed E-state index contributed by atoms with van der Waals surface area (Å²) in [6, 6.07) is 9.91. The SMILES string of the molecule is COc1cncc(-c2cc3c(-c4nc5c(-n6cnc(C)c6)cccc5[nH]4)n[nH]c3cn2)c1. The quantitative estimate of drug-likeness (QED) is 0.443. The molecule has 5 heterocycles. The van der Waals surface area contributed by atoms with Crippen LogP contribution in [0.3, 0.4) is 0 Å². The summed E-state index contributed by atoms with van der Waals surface area (Å²) >= 11 is 0. The molecule has 0 saturated heterocycles. The van der Waals surface area contributed by atoms with Gasteiger partial charge in [-0.3, -0.25) is 15.1 Å². The lowest BCUT2D eigenvalue weighted by atomic mass is 10.1. The van der Waals surface area contributed by atoms with Gasteiger partial charge in [-0.05, 0) is 31.2 Å². The van der Waals surface area contributed by atoms with Gasteiger partial charge in [0, 0.05) is 23.3 Å². The van der Waals surface area contributed by atoms with Crippen LogP contribution in [0.2, 0.25) is 0 Å². The minimum Gasteiger partial charge on any atom is -0.495 e. The van der Waals surface area contributed by atoms with E-state index in [-0.39, 0.29) is 0 Å². The molecule has 0 spiro atoms. The van der Waals surface area contributed by atoms with Gasteiger partial charge in [0.05, 0.1) is 53.9 Å². The Morgan fingerprint density at radius 1 is 1.03 bits per heavy atom. The molecular weight excluding hydrogens is 404 g/mol. The minimum absolute atomic E-state index is 0.677. The van der Waals surface area contributed by atoms with Crippen LogP contribution in [0.1, 0.15) is 5.69 Å². The molecule has 156 valence electrons. The molecule has 0 aliphatic rings. The second-order valence-electron chi connectivity index (χ2n) is 7.48. The van der Waals surface area contributed by atoms with Crippen LogP contribution in [0.4, 0.5) is 0 Å². The van der Waals surface area contributed by atoms with Gasteiger partial charge in [0.25, 0.3) is 0 Å². The van der Waals surface area contributed by atoms with Crippen molar-refractivity contribution < 1.29 is 4.74 Å². The van der Waals surface area contributed by atoms with Crippen molar-refractivity contribution in [1.29, 1.82) is 0 Å². The number of benzene rings is 1. The van der Waals surface area contributed by atoms with Gasteiger partial charge in [-0.15, -0.1) is 0 Å². The van der Waals surface area contributed by atoms with Gasteiger partial charge in [0.15, 0.2) is 5.82 Å². The van der Waals surface area contributed by atoms with E-state index < -0.39 is 0 Å². The van der Waals surface area contributed by atoms with E-state index in [1.54, 1.807) is 32.0 Å². The molecule has 0 unspecified atom stereocenters. The molecule has 0 atom stereocenters. The summed E-state index contributed by atoms with van der Waals surface area (Å²) in [5, 5.41) is 8.49. The molecular formula is C23H18N8O. The molecule has 6 rings (SSSR count). The number of hydrogen-bond acceptors (Lipinski definition) is 6. The van der Waals surface area contributed by atoms with E-state index >= 15 is 0 Å². The number of hydrogen-bond donors (Lipinski definition) is 2. The second-order valence-corrected chi connectivity index (χ2v) is 7.48. The predicted octanol–water partition coefficient (Wildman–Crippen LogP) is 4.07. The number of para-hydroxylation sites is 1. The number of aromatic nitrogens is 8. The maximum atomic E-state index is 5.29. The predicted molar refractivity (Wildman–Crippen MR) is 121 cm³/mol. The summed E-state index contributed by atoms with van der Waals surface area (Å²) < 4.78 is 7.27. The first kappa shape index (κ1) is 18.3. The van der Waals surface area contributed by atoms with Crippen LogP contribution in [-0.4, -0.2) is 46.8 Å². The van der Waals surface area contributed by atoms with Gasteiger partial charge in [0.1, 0.15) is 17.0 Å². The number of ether oxygens (including phenoxy) is 1. The number of H-pyrrole nitrogens is 2. The lowest BCUT2D eigenvalue weighted by molar-refractivity contribution is 0.413. The molecule has 0 saturated carbocycles. The van der Waals surface area contributed by atoms with Crippen LogP contribution in [0.15, 0.2) is 61.4 Å². The molecule has 0 fully saturated rings. The van der Waals surface area contributed by atoms with Crippen molar-refractivity contribution in [2.24, 2.45) is 0 Å². The molecule has 0 bridgehead atoms. The van der Waals surface area contributed by atoms with Crippen LogP contribution >= 0.6 is 0 Å². The van der Waals surface area contributed by atoms with Gasteiger partial charge >= 0.3 is 0 Å². The highest BCUT2D eigenvalue weighted by atomic mass is 16.5. The molecule has 5 aromatic heterocycles. The Morgan fingerprint density at radius 3 is 2.81 bits per heavy atom. The second kappa shape index (κ2) is 7.02. The highest BCUT2D eigenvalue weighted by Crippen LogP contribution is 2.31. The lowest BCUT2D eigenvalue weighted by Crippen LogP contribution is -1.91. The van der Waals surface area contributed by atoms with Crippen molar-refractivity contribution >= 4 is 21.9 Å². The Balaban J connectivity index is 1.49. The maximum Gasteiger partial charge on any atom is 0.159 e. The molecule has 0 radical (unpaired) electrons. The standard InChI is InChI=1S/C23H18N8O/c1-13-11-31(12-26-13)20-5-3-4-17-22(20)28-23(27-17)21-16-7-18(25-10-19(16)29-30-21)14-6-15(32-2)9-24-8-14/h3-12H,1-2H3,(H,27,28)(H,29,30). The first-order chi connectivity index (χ1) is 15.7. The van der Waals surface area contributed by atoms with Gasteiger partial charge in [-0.2, -0.15) is 5.10 Å². The summed E-state index contributed by atoms with van der Waals surface area (Å²) in [6.07, 6.45) is 8.97. The van der Waals surface area contributed by atoms with Crippen molar-refractivity contribution in [2.75, 3.05) is 7.11 Å². The minimum atomic E-state index is 0.677. The molecule has 0 aliphatic carbocycles. The monoisotopic (exact) mass is 422 g/mol. The number of methoxy groups -OCH3 is 1.